The van der Waals surface area contributed by atoms with Gasteiger partial charge in [-0.2, -0.15) is 0 Å². The summed E-state index contributed by atoms with van der Waals surface area (Å²) in [4.78, 5) is 12.0. The van der Waals surface area contributed by atoms with E-state index in [2.05, 4.69) is 20.8 Å². The summed E-state index contributed by atoms with van der Waals surface area (Å²) < 4.78 is 10.3. The molecule has 0 radical (unpaired) electrons. The molecule has 0 unspecified atom stereocenters. The van der Waals surface area contributed by atoms with Gasteiger partial charge in [-0.05, 0) is 32.1 Å². The van der Waals surface area contributed by atoms with Crippen molar-refractivity contribution in [2.45, 2.75) is 53.1 Å². The molecule has 3 heteroatoms. The molecule has 0 amide bonds. The van der Waals surface area contributed by atoms with Crippen LogP contribution in [0.25, 0.3) is 0 Å². The van der Waals surface area contributed by atoms with E-state index in [1.54, 1.807) is 0 Å². The highest BCUT2D eigenvalue weighted by Crippen LogP contribution is 2.31. The lowest BCUT2D eigenvalue weighted by Crippen LogP contribution is -2.30. The first-order valence-electron chi connectivity index (χ1n) is 6.26. The molecule has 3 nitrogen and oxygen atoms in total. The minimum Gasteiger partial charge on any atom is -0.462 e. The summed E-state index contributed by atoms with van der Waals surface area (Å²) in [5.74, 6) is 0.566. The lowest BCUT2D eigenvalue weighted by molar-refractivity contribution is -0.156. The topological polar surface area (TPSA) is 38.8 Å². The van der Waals surface area contributed by atoms with E-state index >= 15 is 0 Å². The predicted molar refractivity (Wildman–Crippen MR) is 63.2 cm³/mol. The minimum absolute atomic E-state index is 0.0637. The van der Waals surface area contributed by atoms with Crippen molar-refractivity contribution in [1.29, 1.82) is 0 Å². The van der Waals surface area contributed by atoms with Crippen LogP contribution in [0.15, 0.2) is 0 Å². The van der Waals surface area contributed by atoms with E-state index in [0.29, 0.717) is 12.5 Å². The van der Waals surface area contributed by atoms with Gasteiger partial charge in [-0.1, -0.05) is 20.8 Å². The van der Waals surface area contributed by atoms with Crippen LogP contribution in [-0.4, -0.2) is 25.3 Å². The third kappa shape index (κ3) is 4.12. The molecule has 1 aliphatic rings. The first kappa shape index (κ1) is 13.5. The van der Waals surface area contributed by atoms with Crippen LogP contribution in [0.1, 0.15) is 47.0 Å². The van der Waals surface area contributed by atoms with Crippen LogP contribution >= 0.6 is 0 Å². The highest BCUT2D eigenvalue weighted by molar-refractivity contribution is 5.76. The van der Waals surface area contributed by atoms with E-state index in [4.69, 9.17) is 9.47 Å². The molecule has 0 bridgehead atoms. The van der Waals surface area contributed by atoms with Gasteiger partial charge in [0.2, 0.25) is 0 Å². The molecule has 1 heterocycles. The Kier molecular flexibility index (Phi) is 4.78. The molecule has 0 aromatic rings. The van der Waals surface area contributed by atoms with E-state index in [0.717, 1.165) is 25.9 Å². The highest BCUT2D eigenvalue weighted by atomic mass is 16.6. The lowest BCUT2D eigenvalue weighted by atomic mass is 9.81. The van der Waals surface area contributed by atoms with Crippen molar-refractivity contribution >= 4 is 5.97 Å². The van der Waals surface area contributed by atoms with Gasteiger partial charge in [-0.15, -0.1) is 0 Å². The number of rotatable bonds is 7. The maximum Gasteiger partial charge on any atom is 0.311 e. The van der Waals surface area contributed by atoms with Crippen molar-refractivity contribution in [2.24, 2.45) is 11.3 Å². The molecule has 1 aliphatic heterocycles. The second kappa shape index (κ2) is 5.67. The van der Waals surface area contributed by atoms with Gasteiger partial charge in [-0.3, -0.25) is 4.79 Å². The van der Waals surface area contributed by atoms with Crippen LogP contribution in [-0.2, 0) is 14.3 Å². The fourth-order valence-electron chi connectivity index (χ4n) is 1.54. The van der Waals surface area contributed by atoms with Crippen molar-refractivity contribution < 1.29 is 14.3 Å². The van der Waals surface area contributed by atoms with Crippen LogP contribution in [0.5, 0.6) is 0 Å². The zero-order chi connectivity index (χ0) is 12.2. The molecule has 1 saturated heterocycles. The van der Waals surface area contributed by atoms with Crippen molar-refractivity contribution in [1.82, 2.24) is 0 Å². The summed E-state index contributed by atoms with van der Waals surface area (Å²) in [6.07, 6.45) is 2.98. The summed E-state index contributed by atoms with van der Waals surface area (Å²) in [5, 5.41) is 0. The smallest absolute Gasteiger partial charge is 0.311 e. The number of esters is 1. The maximum atomic E-state index is 12.0. The number of epoxide rings is 1. The quantitative estimate of drug-likeness (QED) is 0.497. The fourth-order valence-corrected chi connectivity index (χ4v) is 1.54. The highest BCUT2D eigenvalue weighted by Gasteiger charge is 2.34. The number of carbonyl (C=O) groups is 1. The molecule has 0 aromatic heterocycles. The molecule has 0 aromatic carbocycles. The summed E-state index contributed by atoms with van der Waals surface area (Å²) in [5.41, 5.74) is -0.320. The van der Waals surface area contributed by atoms with Crippen molar-refractivity contribution in [2.75, 3.05) is 13.2 Å². The van der Waals surface area contributed by atoms with Gasteiger partial charge in [0.25, 0.3) is 0 Å². The molecule has 2 atom stereocenters. The Morgan fingerprint density at radius 3 is 2.62 bits per heavy atom. The molecule has 94 valence electrons. The van der Waals surface area contributed by atoms with Crippen LogP contribution in [0.2, 0.25) is 0 Å². The molecule has 0 saturated carbocycles. The monoisotopic (exact) mass is 228 g/mol. The summed E-state index contributed by atoms with van der Waals surface area (Å²) in [6.45, 7) is 9.58. The van der Waals surface area contributed by atoms with Crippen molar-refractivity contribution in [3.8, 4) is 0 Å². The Balaban J connectivity index is 2.37. The molecular weight excluding hydrogens is 204 g/mol. The third-order valence-corrected chi connectivity index (χ3v) is 3.35. The molecule has 16 heavy (non-hydrogen) atoms. The Hall–Kier alpha value is -0.570. The Bertz CT molecular complexity index is 233. The van der Waals surface area contributed by atoms with E-state index in [1.165, 1.54) is 0 Å². The van der Waals surface area contributed by atoms with Crippen LogP contribution in [0.4, 0.5) is 0 Å². The van der Waals surface area contributed by atoms with E-state index in [-0.39, 0.29) is 17.5 Å². The largest absolute Gasteiger partial charge is 0.462 e. The van der Waals surface area contributed by atoms with E-state index in [9.17, 15) is 4.79 Å². The number of hydrogen-bond acceptors (Lipinski definition) is 3. The summed E-state index contributed by atoms with van der Waals surface area (Å²) >= 11 is 0. The van der Waals surface area contributed by atoms with Gasteiger partial charge >= 0.3 is 5.97 Å². The Morgan fingerprint density at radius 2 is 2.19 bits per heavy atom. The fraction of sp³-hybridized carbons (Fsp3) is 0.923. The second-order valence-corrected chi connectivity index (χ2v) is 5.40. The second-order valence-electron chi connectivity index (χ2n) is 5.40. The molecule has 1 rings (SSSR count). The number of hydrogen-bond donors (Lipinski definition) is 0. The van der Waals surface area contributed by atoms with Crippen molar-refractivity contribution in [3.05, 3.63) is 0 Å². The van der Waals surface area contributed by atoms with Crippen LogP contribution in [0, 0.1) is 11.3 Å². The standard InChI is InChI=1S/C13H24O3/c1-5-13(4,7-6-10(2)3)12(14)16-9-11-8-15-11/h10-11H,5-9H2,1-4H3/t11-,13+/m0/s1. The van der Waals surface area contributed by atoms with Gasteiger partial charge in [0.05, 0.1) is 12.0 Å². The van der Waals surface area contributed by atoms with Gasteiger partial charge in [0.1, 0.15) is 12.7 Å². The van der Waals surface area contributed by atoms with Crippen molar-refractivity contribution in [3.63, 3.8) is 0 Å². The zero-order valence-electron chi connectivity index (χ0n) is 10.9. The van der Waals surface area contributed by atoms with Gasteiger partial charge < -0.3 is 9.47 Å². The number of carbonyl (C=O) groups excluding carboxylic acids is 1. The molecule has 0 aliphatic carbocycles. The van der Waals surface area contributed by atoms with Crippen LogP contribution in [0.3, 0.4) is 0 Å². The first-order valence-corrected chi connectivity index (χ1v) is 6.26. The zero-order valence-corrected chi connectivity index (χ0v) is 10.9. The molecule has 0 spiro atoms. The average Bonchev–Trinajstić information content (AvgIpc) is 3.06. The summed E-state index contributed by atoms with van der Waals surface area (Å²) in [6, 6.07) is 0. The van der Waals surface area contributed by atoms with E-state index < -0.39 is 0 Å². The van der Waals surface area contributed by atoms with Crippen LogP contribution < -0.4 is 0 Å². The average molecular weight is 228 g/mol. The van der Waals surface area contributed by atoms with E-state index in [1.807, 2.05) is 6.92 Å². The molecular formula is C13H24O3. The third-order valence-electron chi connectivity index (χ3n) is 3.35. The Labute approximate surface area is 98.5 Å². The van der Waals surface area contributed by atoms with Gasteiger partial charge in [0, 0.05) is 0 Å². The Morgan fingerprint density at radius 1 is 1.56 bits per heavy atom. The predicted octanol–water partition coefficient (Wildman–Crippen LogP) is 2.78. The lowest BCUT2D eigenvalue weighted by Gasteiger charge is -2.26. The number of ether oxygens (including phenoxy) is 2. The minimum atomic E-state index is -0.320. The normalized spacial score (nSPS) is 22.9. The maximum absolute atomic E-state index is 12.0. The first-order chi connectivity index (χ1) is 7.48. The van der Waals surface area contributed by atoms with Gasteiger partial charge in [-0.25, -0.2) is 0 Å². The summed E-state index contributed by atoms with van der Waals surface area (Å²) in [7, 11) is 0. The van der Waals surface area contributed by atoms with Gasteiger partial charge in [0.15, 0.2) is 0 Å². The SMILES string of the molecule is CC[C@](C)(CCC(C)C)C(=O)OC[C@@H]1CO1. The molecule has 0 N–H and O–H groups in total. The molecule has 1 fully saturated rings.